The van der Waals surface area contributed by atoms with Crippen LogP contribution >= 0.6 is 11.6 Å². The summed E-state index contributed by atoms with van der Waals surface area (Å²) in [5.74, 6) is -0.971. The van der Waals surface area contributed by atoms with Crippen LogP contribution in [0.25, 0.3) is 0 Å². The predicted octanol–water partition coefficient (Wildman–Crippen LogP) is 3.55. The molecule has 2 aromatic carbocycles. The third-order valence-corrected chi connectivity index (χ3v) is 3.11. The SMILES string of the molecule is O=C(O)C(Cc1cccc(Cl)c1)OCc1ccccc1. The molecular weight excluding hydrogens is 276 g/mol. The van der Waals surface area contributed by atoms with Gasteiger partial charge in [-0.05, 0) is 23.3 Å². The number of hydrogen-bond donors (Lipinski definition) is 1. The molecule has 0 aliphatic rings. The molecule has 0 bridgehead atoms. The monoisotopic (exact) mass is 290 g/mol. The lowest BCUT2D eigenvalue weighted by Gasteiger charge is -2.14. The molecule has 0 amide bonds. The Morgan fingerprint density at radius 2 is 1.80 bits per heavy atom. The molecule has 0 aliphatic carbocycles. The van der Waals surface area contributed by atoms with Crippen LogP contribution in [0, 0.1) is 0 Å². The number of carbonyl (C=O) groups is 1. The summed E-state index contributed by atoms with van der Waals surface area (Å²) < 4.78 is 5.49. The zero-order valence-corrected chi connectivity index (χ0v) is 11.6. The van der Waals surface area contributed by atoms with E-state index in [9.17, 15) is 9.90 Å². The van der Waals surface area contributed by atoms with Gasteiger partial charge in [0.2, 0.25) is 0 Å². The van der Waals surface area contributed by atoms with Crippen LogP contribution in [-0.2, 0) is 22.6 Å². The second-order valence-electron chi connectivity index (χ2n) is 4.46. The predicted molar refractivity (Wildman–Crippen MR) is 77.8 cm³/mol. The van der Waals surface area contributed by atoms with Gasteiger partial charge >= 0.3 is 5.97 Å². The second kappa shape index (κ2) is 7.08. The fourth-order valence-corrected chi connectivity index (χ4v) is 2.08. The zero-order valence-electron chi connectivity index (χ0n) is 10.8. The number of aliphatic carboxylic acids is 1. The Labute approximate surface area is 122 Å². The van der Waals surface area contributed by atoms with Gasteiger partial charge in [-0.15, -0.1) is 0 Å². The third kappa shape index (κ3) is 4.37. The first-order valence-electron chi connectivity index (χ1n) is 6.28. The number of ether oxygens (including phenoxy) is 1. The van der Waals surface area contributed by atoms with Crippen molar-refractivity contribution in [1.29, 1.82) is 0 Å². The van der Waals surface area contributed by atoms with Crippen molar-refractivity contribution in [3.05, 3.63) is 70.7 Å². The Morgan fingerprint density at radius 3 is 2.45 bits per heavy atom. The molecule has 2 rings (SSSR count). The maximum Gasteiger partial charge on any atom is 0.333 e. The summed E-state index contributed by atoms with van der Waals surface area (Å²) in [5.41, 5.74) is 1.79. The number of carboxylic acids is 1. The Kier molecular flexibility index (Phi) is 5.16. The van der Waals surface area contributed by atoms with Gasteiger partial charge in [-0.2, -0.15) is 0 Å². The number of rotatable bonds is 6. The fraction of sp³-hybridized carbons (Fsp3) is 0.188. The Hall–Kier alpha value is -1.84. The summed E-state index contributed by atoms with van der Waals surface area (Å²) >= 11 is 5.89. The van der Waals surface area contributed by atoms with Crippen LogP contribution < -0.4 is 0 Å². The third-order valence-electron chi connectivity index (χ3n) is 2.88. The van der Waals surface area contributed by atoms with E-state index in [1.165, 1.54) is 0 Å². The molecule has 1 N–H and O–H groups in total. The van der Waals surface area contributed by atoms with E-state index < -0.39 is 12.1 Å². The highest BCUT2D eigenvalue weighted by Crippen LogP contribution is 2.14. The Morgan fingerprint density at radius 1 is 1.10 bits per heavy atom. The molecule has 1 unspecified atom stereocenters. The van der Waals surface area contributed by atoms with Gasteiger partial charge in [0.25, 0.3) is 0 Å². The molecule has 0 aromatic heterocycles. The summed E-state index contributed by atoms with van der Waals surface area (Å²) in [6.45, 7) is 0.276. The van der Waals surface area contributed by atoms with E-state index in [0.29, 0.717) is 11.4 Å². The first kappa shape index (κ1) is 14.6. The van der Waals surface area contributed by atoms with Gasteiger partial charge in [-0.25, -0.2) is 4.79 Å². The minimum atomic E-state index is -0.971. The van der Waals surface area contributed by atoms with E-state index in [4.69, 9.17) is 16.3 Å². The first-order valence-corrected chi connectivity index (χ1v) is 6.66. The molecule has 0 radical (unpaired) electrons. The fourth-order valence-electron chi connectivity index (χ4n) is 1.87. The average molecular weight is 291 g/mol. The lowest BCUT2D eigenvalue weighted by molar-refractivity contribution is -0.151. The molecular formula is C16H15ClO3. The van der Waals surface area contributed by atoms with Crippen molar-refractivity contribution in [3.63, 3.8) is 0 Å². The average Bonchev–Trinajstić information content (AvgIpc) is 2.44. The van der Waals surface area contributed by atoms with Crippen LogP contribution in [0.5, 0.6) is 0 Å². The van der Waals surface area contributed by atoms with Crippen LogP contribution in [0.4, 0.5) is 0 Å². The van der Waals surface area contributed by atoms with Crippen molar-refractivity contribution >= 4 is 17.6 Å². The molecule has 0 heterocycles. The van der Waals surface area contributed by atoms with E-state index in [2.05, 4.69) is 0 Å². The summed E-state index contributed by atoms with van der Waals surface area (Å²) in [5, 5.41) is 9.82. The highest BCUT2D eigenvalue weighted by Gasteiger charge is 2.18. The molecule has 3 nitrogen and oxygen atoms in total. The molecule has 1 atom stereocenters. The smallest absolute Gasteiger partial charge is 0.333 e. The molecule has 104 valence electrons. The van der Waals surface area contributed by atoms with Gasteiger partial charge in [0.1, 0.15) is 0 Å². The second-order valence-corrected chi connectivity index (χ2v) is 4.89. The largest absolute Gasteiger partial charge is 0.479 e. The molecule has 0 fully saturated rings. The number of carboxylic acid groups (broad SMARTS) is 1. The quantitative estimate of drug-likeness (QED) is 0.885. The highest BCUT2D eigenvalue weighted by atomic mass is 35.5. The maximum absolute atomic E-state index is 11.3. The van der Waals surface area contributed by atoms with Gasteiger partial charge in [0.15, 0.2) is 6.10 Å². The molecule has 2 aromatic rings. The Balaban J connectivity index is 1.99. The summed E-state index contributed by atoms with van der Waals surface area (Å²) in [6, 6.07) is 16.6. The van der Waals surface area contributed by atoms with Crippen molar-refractivity contribution < 1.29 is 14.6 Å². The zero-order chi connectivity index (χ0) is 14.4. The standard InChI is InChI=1S/C16H15ClO3/c17-14-8-4-7-13(9-14)10-15(16(18)19)20-11-12-5-2-1-3-6-12/h1-9,15H,10-11H2,(H,18,19). The molecule has 0 spiro atoms. The highest BCUT2D eigenvalue weighted by molar-refractivity contribution is 6.30. The lowest BCUT2D eigenvalue weighted by atomic mass is 10.1. The number of benzene rings is 2. The number of hydrogen-bond acceptors (Lipinski definition) is 2. The first-order chi connectivity index (χ1) is 9.65. The summed E-state index contributed by atoms with van der Waals surface area (Å²) in [6.07, 6.45) is -0.586. The van der Waals surface area contributed by atoms with Crippen molar-refractivity contribution in [2.24, 2.45) is 0 Å². The van der Waals surface area contributed by atoms with E-state index in [0.717, 1.165) is 11.1 Å². The minimum Gasteiger partial charge on any atom is -0.479 e. The molecule has 4 heteroatoms. The van der Waals surface area contributed by atoms with Crippen molar-refractivity contribution in [2.75, 3.05) is 0 Å². The van der Waals surface area contributed by atoms with Gasteiger partial charge in [-0.3, -0.25) is 0 Å². The van der Waals surface area contributed by atoms with Crippen LogP contribution in [-0.4, -0.2) is 17.2 Å². The molecule has 0 aliphatic heterocycles. The van der Waals surface area contributed by atoms with Gasteiger partial charge in [-0.1, -0.05) is 54.1 Å². The van der Waals surface area contributed by atoms with Crippen LogP contribution in [0.3, 0.4) is 0 Å². The van der Waals surface area contributed by atoms with Crippen molar-refractivity contribution in [3.8, 4) is 0 Å². The van der Waals surface area contributed by atoms with Gasteiger partial charge in [0.05, 0.1) is 6.61 Å². The Bertz CT molecular complexity index is 569. The van der Waals surface area contributed by atoms with Crippen molar-refractivity contribution in [1.82, 2.24) is 0 Å². The van der Waals surface area contributed by atoms with E-state index in [1.54, 1.807) is 18.2 Å². The summed E-state index contributed by atoms with van der Waals surface area (Å²) in [7, 11) is 0. The van der Waals surface area contributed by atoms with Crippen LogP contribution in [0.15, 0.2) is 54.6 Å². The van der Waals surface area contributed by atoms with Crippen molar-refractivity contribution in [2.45, 2.75) is 19.1 Å². The topological polar surface area (TPSA) is 46.5 Å². The molecule has 0 saturated carbocycles. The maximum atomic E-state index is 11.3. The van der Waals surface area contributed by atoms with E-state index in [1.807, 2.05) is 36.4 Å². The number of halogens is 1. The van der Waals surface area contributed by atoms with Crippen LogP contribution in [0.1, 0.15) is 11.1 Å². The van der Waals surface area contributed by atoms with E-state index >= 15 is 0 Å². The van der Waals surface area contributed by atoms with Crippen LogP contribution in [0.2, 0.25) is 5.02 Å². The van der Waals surface area contributed by atoms with Gasteiger partial charge in [0, 0.05) is 11.4 Å². The molecule has 20 heavy (non-hydrogen) atoms. The van der Waals surface area contributed by atoms with Gasteiger partial charge < -0.3 is 9.84 Å². The lowest BCUT2D eigenvalue weighted by Crippen LogP contribution is -2.26. The molecule has 0 saturated heterocycles. The normalized spacial score (nSPS) is 12.1. The minimum absolute atomic E-state index is 0.276. The summed E-state index contributed by atoms with van der Waals surface area (Å²) in [4.78, 5) is 11.3. The van der Waals surface area contributed by atoms with E-state index in [-0.39, 0.29) is 6.61 Å².